The zero-order chi connectivity index (χ0) is 14.4. The summed E-state index contributed by atoms with van der Waals surface area (Å²) >= 11 is 0. The molecule has 0 aliphatic rings. The Morgan fingerprint density at radius 1 is 1.05 bits per heavy atom. The topological polar surface area (TPSA) is 68.4 Å². The van der Waals surface area contributed by atoms with E-state index in [0.29, 0.717) is 18.8 Å². The number of rotatable bonds is 7. The first-order chi connectivity index (χ1) is 9.78. The summed E-state index contributed by atoms with van der Waals surface area (Å²) in [7, 11) is 4.87. The van der Waals surface area contributed by atoms with E-state index in [9.17, 15) is 0 Å². The third kappa shape index (κ3) is 3.21. The second kappa shape index (κ2) is 6.81. The summed E-state index contributed by atoms with van der Waals surface area (Å²) in [6.07, 6.45) is 3.52. The van der Waals surface area contributed by atoms with Gasteiger partial charge in [-0.15, -0.1) is 0 Å². The van der Waals surface area contributed by atoms with Gasteiger partial charge in [-0.2, -0.15) is 0 Å². The molecule has 0 fully saturated rings. The van der Waals surface area contributed by atoms with Gasteiger partial charge in [-0.1, -0.05) is 0 Å². The molecule has 0 spiro atoms. The molecule has 0 unspecified atom stereocenters. The maximum absolute atomic E-state index is 5.39. The number of nitrogens with zero attached hydrogens (tertiary/aromatic N) is 1. The molecule has 6 heteroatoms. The number of hydrogen-bond acceptors (Lipinski definition) is 5. The lowest BCUT2D eigenvalue weighted by Gasteiger charge is -2.15. The van der Waals surface area contributed by atoms with Gasteiger partial charge in [0.1, 0.15) is 23.1 Å². The molecule has 1 heterocycles. The van der Waals surface area contributed by atoms with Crippen LogP contribution in [0, 0.1) is 0 Å². The quantitative estimate of drug-likeness (QED) is 0.806. The molecule has 1 aromatic heterocycles. The van der Waals surface area contributed by atoms with Gasteiger partial charge in [0.2, 0.25) is 0 Å². The molecule has 0 radical (unpaired) electrons. The zero-order valence-electron chi connectivity index (χ0n) is 11.9. The van der Waals surface area contributed by atoms with Crippen LogP contribution in [0.3, 0.4) is 0 Å². The number of benzene rings is 1. The predicted molar refractivity (Wildman–Crippen MR) is 75.2 cm³/mol. The lowest BCUT2D eigenvalue weighted by molar-refractivity contribution is 0.366. The Morgan fingerprint density at radius 3 is 2.25 bits per heavy atom. The summed E-state index contributed by atoms with van der Waals surface area (Å²) in [5, 5.41) is 3.30. The molecule has 2 aromatic rings. The third-order valence-corrected chi connectivity index (χ3v) is 2.97. The standard InChI is InChI=1S/C14H19N3O3/c1-18-10-6-12(19-2)11(13(7-10)20-3)8-15-9-14-16-4-5-17-14/h4-7,15H,8-9H2,1-3H3,(H,16,17). The Morgan fingerprint density at radius 2 is 1.75 bits per heavy atom. The van der Waals surface area contributed by atoms with E-state index < -0.39 is 0 Å². The van der Waals surface area contributed by atoms with Crippen molar-refractivity contribution in [1.29, 1.82) is 0 Å². The monoisotopic (exact) mass is 277 g/mol. The lowest BCUT2D eigenvalue weighted by atomic mass is 10.1. The minimum absolute atomic E-state index is 0.608. The molecule has 0 amide bonds. The summed E-state index contributed by atoms with van der Waals surface area (Å²) in [6, 6.07) is 3.68. The van der Waals surface area contributed by atoms with Crippen molar-refractivity contribution in [2.24, 2.45) is 0 Å². The van der Waals surface area contributed by atoms with Crippen molar-refractivity contribution in [2.45, 2.75) is 13.1 Å². The van der Waals surface area contributed by atoms with Gasteiger partial charge in [-0.25, -0.2) is 4.98 Å². The molecule has 0 saturated carbocycles. The Kier molecular flexibility index (Phi) is 4.84. The molecular weight excluding hydrogens is 258 g/mol. The van der Waals surface area contributed by atoms with Gasteiger partial charge >= 0.3 is 0 Å². The van der Waals surface area contributed by atoms with E-state index in [1.165, 1.54) is 0 Å². The first-order valence-electron chi connectivity index (χ1n) is 6.26. The second-order valence-electron chi connectivity index (χ2n) is 4.15. The van der Waals surface area contributed by atoms with E-state index in [1.54, 1.807) is 33.7 Å². The van der Waals surface area contributed by atoms with Gasteiger partial charge in [0.25, 0.3) is 0 Å². The first-order valence-corrected chi connectivity index (χ1v) is 6.26. The molecular formula is C14H19N3O3. The summed E-state index contributed by atoms with van der Waals surface area (Å²) in [6.45, 7) is 1.25. The molecule has 6 nitrogen and oxygen atoms in total. The van der Waals surface area contributed by atoms with Crippen molar-refractivity contribution in [3.8, 4) is 17.2 Å². The van der Waals surface area contributed by atoms with Crippen molar-refractivity contribution in [1.82, 2.24) is 15.3 Å². The first kappa shape index (κ1) is 14.2. The van der Waals surface area contributed by atoms with Crippen LogP contribution in [0.5, 0.6) is 17.2 Å². The highest BCUT2D eigenvalue weighted by molar-refractivity contribution is 5.50. The fourth-order valence-corrected chi connectivity index (χ4v) is 1.95. The van der Waals surface area contributed by atoms with E-state index in [4.69, 9.17) is 14.2 Å². The van der Waals surface area contributed by atoms with Gasteiger partial charge in [0.05, 0.1) is 33.4 Å². The maximum Gasteiger partial charge on any atom is 0.130 e. The van der Waals surface area contributed by atoms with Crippen LogP contribution >= 0.6 is 0 Å². The number of imidazole rings is 1. The van der Waals surface area contributed by atoms with Crippen molar-refractivity contribution in [3.63, 3.8) is 0 Å². The molecule has 0 bridgehead atoms. The van der Waals surface area contributed by atoms with E-state index in [-0.39, 0.29) is 0 Å². The van der Waals surface area contributed by atoms with Gasteiger partial charge in [-0.05, 0) is 0 Å². The van der Waals surface area contributed by atoms with Crippen LogP contribution in [-0.2, 0) is 13.1 Å². The van der Waals surface area contributed by atoms with Crippen LogP contribution in [0.25, 0.3) is 0 Å². The average molecular weight is 277 g/mol. The smallest absolute Gasteiger partial charge is 0.130 e. The van der Waals surface area contributed by atoms with Crippen molar-refractivity contribution >= 4 is 0 Å². The average Bonchev–Trinajstić information content (AvgIpc) is 3.00. The Bertz CT molecular complexity index is 516. The Labute approximate surface area is 118 Å². The van der Waals surface area contributed by atoms with Crippen LogP contribution in [-0.4, -0.2) is 31.3 Å². The van der Waals surface area contributed by atoms with Gasteiger partial charge in [0, 0.05) is 31.1 Å². The van der Waals surface area contributed by atoms with Crippen LogP contribution in [0.1, 0.15) is 11.4 Å². The molecule has 2 N–H and O–H groups in total. The number of methoxy groups -OCH3 is 3. The number of H-pyrrole nitrogens is 1. The Hall–Kier alpha value is -2.21. The van der Waals surface area contributed by atoms with Gasteiger partial charge in [-0.3, -0.25) is 0 Å². The predicted octanol–water partition coefficient (Wildman–Crippen LogP) is 1.73. The fourth-order valence-electron chi connectivity index (χ4n) is 1.95. The van der Waals surface area contributed by atoms with Crippen LogP contribution in [0.2, 0.25) is 0 Å². The van der Waals surface area contributed by atoms with Gasteiger partial charge in [0.15, 0.2) is 0 Å². The number of nitrogens with one attached hydrogen (secondary N) is 2. The summed E-state index contributed by atoms with van der Waals surface area (Å²) in [5.41, 5.74) is 0.947. The highest BCUT2D eigenvalue weighted by atomic mass is 16.5. The summed E-state index contributed by atoms with van der Waals surface area (Å²) < 4.78 is 16.0. The van der Waals surface area contributed by atoms with Crippen molar-refractivity contribution < 1.29 is 14.2 Å². The molecule has 0 saturated heterocycles. The highest BCUT2D eigenvalue weighted by Crippen LogP contribution is 2.33. The van der Waals surface area contributed by atoms with E-state index in [2.05, 4.69) is 15.3 Å². The molecule has 1 aromatic carbocycles. The van der Waals surface area contributed by atoms with Gasteiger partial charge < -0.3 is 24.5 Å². The summed E-state index contributed by atoms with van der Waals surface area (Å²) in [4.78, 5) is 7.20. The molecule has 0 aliphatic heterocycles. The van der Waals surface area contributed by atoms with E-state index in [1.807, 2.05) is 12.1 Å². The van der Waals surface area contributed by atoms with Crippen LogP contribution in [0.15, 0.2) is 24.5 Å². The van der Waals surface area contributed by atoms with E-state index in [0.717, 1.165) is 22.9 Å². The highest BCUT2D eigenvalue weighted by Gasteiger charge is 2.12. The fraction of sp³-hybridized carbons (Fsp3) is 0.357. The SMILES string of the molecule is COc1cc(OC)c(CNCc2ncc[nH]2)c(OC)c1. The largest absolute Gasteiger partial charge is 0.496 e. The minimum Gasteiger partial charge on any atom is -0.496 e. The number of aromatic nitrogens is 2. The molecule has 0 atom stereocenters. The number of aromatic amines is 1. The summed E-state index contributed by atoms with van der Waals surface area (Å²) in [5.74, 6) is 3.05. The molecule has 108 valence electrons. The zero-order valence-corrected chi connectivity index (χ0v) is 11.9. The lowest BCUT2D eigenvalue weighted by Crippen LogP contribution is -2.15. The maximum atomic E-state index is 5.39. The molecule has 0 aliphatic carbocycles. The van der Waals surface area contributed by atoms with Crippen molar-refractivity contribution in [2.75, 3.05) is 21.3 Å². The molecule has 20 heavy (non-hydrogen) atoms. The second-order valence-corrected chi connectivity index (χ2v) is 4.15. The van der Waals surface area contributed by atoms with Crippen LogP contribution < -0.4 is 19.5 Å². The normalized spacial score (nSPS) is 10.3. The molecule has 2 rings (SSSR count). The minimum atomic E-state index is 0.608. The van der Waals surface area contributed by atoms with Crippen LogP contribution in [0.4, 0.5) is 0 Å². The van der Waals surface area contributed by atoms with E-state index >= 15 is 0 Å². The number of hydrogen-bond donors (Lipinski definition) is 2. The third-order valence-electron chi connectivity index (χ3n) is 2.97. The number of ether oxygens (including phenoxy) is 3. The Balaban J connectivity index is 2.12. The van der Waals surface area contributed by atoms with Crippen molar-refractivity contribution in [3.05, 3.63) is 35.9 Å².